The lowest BCUT2D eigenvalue weighted by molar-refractivity contribution is -0.384. The number of nitrogens with two attached hydrogens (primary N) is 1. The molecule has 3 rings (SSSR count). The number of non-ortho nitro benzene ring substituents is 1. The fraction of sp³-hybridized carbons (Fsp3) is 0.158. The predicted octanol–water partition coefficient (Wildman–Crippen LogP) is 3.68. The zero-order chi connectivity index (χ0) is 19.7. The Balaban J connectivity index is 2.30. The van der Waals surface area contributed by atoms with Gasteiger partial charge in [-0.25, -0.2) is 9.36 Å². The van der Waals surface area contributed by atoms with E-state index in [1.807, 2.05) is 13.0 Å². The third-order valence-electron chi connectivity index (χ3n) is 4.15. The number of rotatable bonds is 4. The number of hydrogen-bond donors (Lipinski definition) is 1. The summed E-state index contributed by atoms with van der Waals surface area (Å²) in [6.45, 7) is 3.58. The van der Waals surface area contributed by atoms with Gasteiger partial charge in [-0.2, -0.15) is 0 Å². The predicted molar refractivity (Wildman–Crippen MR) is 100 cm³/mol. The summed E-state index contributed by atoms with van der Waals surface area (Å²) in [5, 5.41) is 11.3. The molecule has 0 aliphatic rings. The monoisotopic (exact) mass is 367 g/mol. The largest absolute Gasteiger partial charge is 0.449 e. The van der Waals surface area contributed by atoms with E-state index in [9.17, 15) is 19.7 Å². The normalized spacial score (nSPS) is 10.7. The Morgan fingerprint density at radius 1 is 1.22 bits per heavy atom. The molecule has 1 aromatic heterocycles. The van der Waals surface area contributed by atoms with Gasteiger partial charge in [0.1, 0.15) is 5.69 Å². The second-order valence-electron chi connectivity index (χ2n) is 5.95. The number of nitrogens with zero attached hydrogens (tertiary/aromatic N) is 2. The molecule has 2 aromatic carbocycles. The van der Waals surface area contributed by atoms with Crippen LogP contribution in [0.15, 0.2) is 42.5 Å². The van der Waals surface area contributed by atoms with Crippen LogP contribution < -0.4 is 5.73 Å². The molecular formula is C19H17N3O5. The van der Waals surface area contributed by atoms with E-state index in [1.54, 1.807) is 25.1 Å². The van der Waals surface area contributed by atoms with E-state index in [4.69, 9.17) is 10.5 Å². The molecule has 0 radical (unpaired) electrons. The first-order valence-corrected chi connectivity index (χ1v) is 8.22. The smallest absolute Gasteiger partial charge is 0.419 e. The van der Waals surface area contributed by atoms with Crippen molar-refractivity contribution in [2.45, 2.75) is 13.8 Å². The fourth-order valence-electron chi connectivity index (χ4n) is 2.94. The Hall–Kier alpha value is -3.68. The van der Waals surface area contributed by atoms with Crippen molar-refractivity contribution in [3.05, 3.63) is 69.4 Å². The molecular weight excluding hydrogens is 350 g/mol. The maximum absolute atomic E-state index is 13.1. The number of aryl methyl sites for hydroxylation is 1. The van der Waals surface area contributed by atoms with Crippen LogP contribution in [-0.4, -0.2) is 28.0 Å². The second kappa shape index (κ2) is 6.91. The number of benzene rings is 2. The van der Waals surface area contributed by atoms with Crippen molar-refractivity contribution in [1.82, 2.24) is 4.57 Å². The minimum Gasteiger partial charge on any atom is -0.449 e. The van der Waals surface area contributed by atoms with Crippen molar-refractivity contribution in [1.29, 1.82) is 0 Å². The van der Waals surface area contributed by atoms with Crippen LogP contribution in [0.2, 0.25) is 0 Å². The van der Waals surface area contributed by atoms with Gasteiger partial charge in [0.25, 0.3) is 5.69 Å². The Morgan fingerprint density at radius 2 is 1.96 bits per heavy atom. The van der Waals surface area contributed by atoms with Gasteiger partial charge in [0.2, 0.25) is 5.78 Å². The highest BCUT2D eigenvalue weighted by molar-refractivity contribution is 6.18. The first kappa shape index (κ1) is 18.1. The Labute approximate surface area is 154 Å². The molecule has 27 heavy (non-hydrogen) atoms. The Kier molecular flexibility index (Phi) is 4.64. The molecule has 0 unspecified atom stereocenters. The van der Waals surface area contributed by atoms with Crippen molar-refractivity contribution < 1.29 is 19.2 Å². The third kappa shape index (κ3) is 3.12. The summed E-state index contributed by atoms with van der Waals surface area (Å²) >= 11 is 0. The van der Waals surface area contributed by atoms with Crippen molar-refractivity contribution in [3.63, 3.8) is 0 Å². The number of carbonyl (C=O) groups is 2. The molecule has 138 valence electrons. The lowest BCUT2D eigenvalue weighted by atomic mass is 10.0. The van der Waals surface area contributed by atoms with Gasteiger partial charge in [-0.3, -0.25) is 14.9 Å². The van der Waals surface area contributed by atoms with E-state index < -0.39 is 16.8 Å². The van der Waals surface area contributed by atoms with Crippen LogP contribution in [0.1, 0.15) is 28.5 Å². The van der Waals surface area contributed by atoms with Crippen LogP contribution in [0.5, 0.6) is 0 Å². The van der Waals surface area contributed by atoms with Crippen molar-refractivity contribution >= 4 is 34.2 Å². The fourth-order valence-corrected chi connectivity index (χ4v) is 2.94. The average Bonchev–Trinajstić information content (AvgIpc) is 2.93. The number of ether oxygens (including phenoxy) is 1. The van der Waals surface area contributed by atoms with E-state index in [2.05, 4.69) is 0 Å². The number of nitro benzene ring substituents is 1. The summed E-state index contributed by atoms with van der Waals surface area (Å²) in [4.78, 5) is 36.1. The quantitative estimate of drug-likeness (QED) is 0.427. The highest BCUT2D eigenvalue weighted by Crippen LogP contribution is 2.33. The number of aromatic nitrogens is 1. The Bertz CT molecular complexity index is 1080. The third-order valence-corrected chi connectivity index (χ3v) is 4.15. The molecule has 8 nitrogen and oxygen atoms in total. The zero-order valence-corrected chi connectivity index (χ0v) is 14.8. The van der Waals surface area contributed by atoms with Crippen LogP contribution in [0.3, 0.4) is 0 Å². The minimum atomic E-state index is -0.774. The van der Waals surface area contributed by atoms with Crippen molar-refractivity contribution in [3.8, 4) is 0 Å². The first-order valence-electron chi connectivity index (χ1n) is 8.22. The summed E-state index contributed by atoms with van der Waals surface area (Å²) in [7, 11) is 0. The summed E-state index contributed by atoms with van der Waals surface area (Å²) in [5.74, 6) is -0.469. The maximum Gasteiger partial charge on any atom is 0.419 e. The number of hydrogen-bond acceptors (Lipinski definition) is 6. The molecule has 0 bridgehead atoms. The van der Waals surface area contributed by atoms with Gasteiger partial charge in [0, 0.05) is 23.1 Å². The lowest BCUT2D eigenvalue weighted by Gasteiger charge is -2.09. The molecule has 0 aliphatic heterocycles. The van der Waals surface area contributed by atoms with Crippen LogP contribution >= 0.6 is 0 Å². The number of fused-ring (bicyclic) bond motifs is 1. The lowest BCUT2D eigenvalue weighted by Crippen LogP contribution is -2.20. The van der Waals surface area contributed by atoms with Gasteiger partial charge >= 0.3 is 6.09 Å². The molecule has 0 spiro atoms. The van der Waals surface area contributed by atoms with Crippen LogP contribution in [-0.2, 0) is 4.74 Å². The van der Waals surface area contributed by atoms with E-state index in [0.717, 1.165) is 10.1 Å². The molecule has 2 N–H and O–H groups in total. The van der Waals surface area contributed by atoms with Gasteiger partial charge in [-0.05, 0) is 26.0 Å². The number of nitro groups is 1. The summed E-state index contributed by atoms with van der Waals surface area (Å²) in [6.07, 6.45) is -0.774. The summed E-state index contributed by atoms with van der Waals surface area (Å²) < 4.78 is 6.13. The molecule has 0 aliphatic carbocycles. The first-order chi connectivity index (χ1) is 12.8. The van der Waals surface area contributed by atoms with Gasteiger partial charge in [0.05, 0.1) is 22.7 Å². The maximum atomic E-state index is 13.1. The number of nitrogen functional groups attached to an aromatic ring is 1. The molecule has 0 saturated heterocycles. The molecule has 0 atom stereocenters. The van der Waals surface area contributed by atoms with Crippen molar-refractivity contribution in [2.24, 2.45) is 0 Å². The molecule has 0 fully saturated rings. The van der Waals surface area contributed by atoms with Gasteiger partial charge < -0.3 is 10.5 Å². The van der Waals surface area contributed by atoms with Gasteiger partial charge in [-0.1, -0.05) is 23.8 Å². The molecule has 1 heterocycles. The topological polar surface area (TPSA) is 117 Å². The van der Waals surface area contributed by atoms with Crippen molar-refractivity contribution in [2.75, 3.05) is 12.3 Å². The Morgan fingerprint density at radius 3 is 2.59 bits per heavy atom. The van der Waals surface area contributed by atoms with Crippen LogP contribution in [0.4, 0.5) is 16.2 Å². The average molecular weight is 367 g/mol. The molecule has 3 aromatic rings. The number of anilines is 1. The van der Waals surface area contributed by atoms with Crippen LogP contribution in [0.25, 0.3) is 10.9 Å². The summed E-state index contributed by atoms with van der Waals surface area (Å²) in [6, 6.07) is 10.7. The molecule has 0 amide bonds. The zero-order valence-electron chi connectivity index (χ0n) is 14.8. The van der Waals surface area contributed by atoms with Crippen LogP contribution in [0, 0.1) is 17.0 Å². The van der Waals surface area contributed by atoms with E-state index in [-0.39, 0.29) is 34.6 Å². The molecule has 0 saturated carbocycles. The van der Waals surface area contributed by atoms with E-state index >= 15 is 0 Å². The number of carbonyl (C=O) groups excluding carboxylic acids is 2. The van der Waals surface area contributed by atoms with E-state index in [1.165, 1.54) is 18.2 Å². The summed E-state index contributed by atoms with van der Waals surface area (Å²) in [5.41, 5.74) is 7.37. The van der Waals surface area contributed by atoms with Gasteiger partial charge in [0.15, 0.2) is 0 Å². The second-order valence-corrected chi connectivity index (χ2v) is 5.95. The highest BCUT2D eigenvalue weighted by Gasteiger charge is 2.27. The number of ketones is 1. The minimum absolute atomic E-state index is 0.00624. The van der Waals surface area contributed by atoms with Gasteiger partial charge in [-0.15, -0.1) is 0 Å². The van der Waals surface area contributed by atoms with E-state index in [0.29, 0.717) is 5.56 Å². The highest BCUT2D eigenvalue weighted by atomic mass is 16.6. The standard InChI is InChI=1S/C19H17N3O5/c1-3-27-19(24)21-15-8-7-13(22(25)26)10-14(15)16(20)17(21)18(23)12-6-4-5-11(2)9-12/h4-10H,3,20H2,1-2H3. The molecule has 8 heteroatoms. The SMILES string of the molecule is CCOC(=O)n1c(C(=O)c2cccc(C)c2)c(N)c2cc([N+](=O)[O-])ccc21.